The van der Waals surface area contributed by atoms with Crippen LogP contribution in [0, 0.1) is 0 Å². The fourth-order valence-electron chi connectivity index (χ4n) is 12.2. The topological polar surface area (TPSA) is 6.48 Å². The van der Waals surface area contributed by atoms with Crippen molar-refractivity contribution < 1.29 is 0 Å². The molecule has 15 aromatic rings. The molecule has 0 unspecified atom stereocenters. The summed E-state index contributed by atoms with van der Waals surface area (Å²) in [5.41, 5.74) is 6.91. The normalized spacial score (nSPS) is 11.9. The average molecular weight is 913 g/mol. The molecule has 0 amide bonds. The number of nitrogens with zero attached hydrogens (tertiary/aromatic N) is 2. The number of hydrogen-bond acceptors (Lipinski definition) is 2. The van der Waals surface area contributed by atoms with E-state index in [4.69, 9.17) is 0 Å². The molecule has 0 saturated heterocycles. The summed E-state index contributed by atoms with van der Waals surface area (Å²) in [5, 5.41) is 23.7. The van der Waals surface area contributed by atoms with Gasteiger partial charge in [-0.15, -0.1) is 0 Å². The number of anilines is 6. The first-order valence-corrected chi connectivity index (χ1v) is 24.9. The minimum absolute atomic E-state index is 1.14. The van der Waals surface area contributed by atoms with E-state index in [2.05, 4.69) is 277 Å². The molecule has 0 N–H and O–H groups in total. The van der Waals surface area contributed by atoms with Crippen LogP contribution in [0.1, 0.15) is 0 Å². The highest BCUT2D eigenvalue weighted by atomic mass is 15.2. The Hall–Kier alpha value is -9.50. The Morgan fingerprint density at radius 2 is 0.264 bits per heavy atom. The maximum Gasteiger partial charge on any atom is 0.0621 e. The van der Waals surface area contributed by atoms with Gasteiger partial charge in [-0.2, -0.15) is 0 Å². The van der Waals surface area contributed by atoms with Crippen molar-refractivity contribution in [3.63, 3.8) is 0 Å². The highest BCUT2D eigenvalue weighted by Crippen LogP contribution is 2.57. The highest BCUT2D eigenvalue weighted by molar-refractivity contribution is 6.31. The van der Waals surface area contributed by atoms with E-state index in [1.165, 1.54) is 86.2 Å². The van der Waals surface area contributed by atoms with Gasteiger partial charge in [0.05, 0.1) is 34.1 Å². The minimum Gasteiger partial charge on any atom is -0.307 e. The molecule has 0 aliphatic carbocycles. The third kappa shape index (κ3) is 6.03. The first kappa shape index (κ1) is 40.4. The lowest BCUT2D eigenvalue weighted by atomic mass is 9.91. The van der Waals surface area contributed by atoms with Gasteiger partial charge < -0.3 is 9.80 Å². The Kier molecular flexibility index (Phi) is 8.99. The van der Waals surface area contributed by atoms with Gasteiger partial charge in [-0.25, -0.2) is 0 Å². The Morgan fingerprint density at radius 3 is 0.431 bits per heavy atom. The molecule has 0 radical (unpaired) electrons. The van der Waals surface area contributed by atoms with Crippen molar-refractivity contribution in [3.8, 4) is 0 Å². The monoisotopic (exact) mass is 912 g/mol. The summed E-state index contributed by atoms with van der Waals surface area (Å²) in [7, 11) is 0. The van der Waals surface area contributed by atoms with Crippen molar-refractivity contribution in [2.24, 2.45) is 0 Å². The van der Waals surface area contributed by atoms with Gasteiger partial charge in [0, 0.05) is 64.6 Å². The first-order chi connectivity index (χ1) is 35.8. The molecule has 0 atom stereocenters. The molecule has 2 heteroatoms. The summed E-state index contributed by atoms with van der Waals surface area (Å²) in [6, 6.07) is 99.4. The van der Waals surface area contributed by atoms with E-state index in [1.807, 2.05) is 0 Å². The maximum atomic E-state index is 2.66. The summed E-state index contributed by atoms with van der Waals surface area (Å²) in [5.74, 6) is 0. The standard InChI is InChI=1S/C70H44N2/c1-9-29-53-45(21-1)41-46-22-2-10-30-54(46)65(53)71(66-55-31-11-3-23-47(55)42-48-24-4-12-32-56(48)66)69-61-37-17-19-39-63(61)70(64-40-20-18-38-62(64)69)72(67-57-33-13-5-25-49(57)43-50-26-6-14-34-58(50)67)68-59-35-15-7-27-51(59)44-52-28-8-16-36-60(52)68/h1-44H. The first-order valence-electron chi connectivity index (χ1n) is 24.9. The van der Waals surface area contributed by atoms with Crippen LogP contribution in [-0.4, -0.2) is 0 Å². The van der Waals surface area contributed by atoms with E-state index < -0.39 is 0 Å². The number of hydrogen-bond donors (Lipinski definition) is 0. The van der Waals surface area contributed by atoms with Crippen LogP contribution in [0.15, 0.2) is 267 Å². The Bertz CT molecular complexity index is 3910. The summed E-state index contributed by atoms with van der Waals surface area (Å²) in [6.45, 7) is 0. The fraction of sp³-hybridized carbons (Fsp3) is 0. The lowest BCUT2D eigenvalue weighted by molar-refractivity contribution is 1.35. The van der Waals surface area contributed by atoms with Crippen LogP contribution in [0.25, 0.3) is 108 Å². The molecule has 2 nitrogen and oxygen atoms in total. The van der Waals surface area contributed by atoms with Crippen molar-refractivity contribution >= 4 is 142 Å². The van der Waals surface area contributed by atoms with E-state index >= 15 is 0 Å². The summed E-state index contributed by atoms with van der Waals surface area (Å²) < 4.78 is 0. The quantitative estimate of drug-likeness (QED) is 0.121. The Labute approximate surface area is 416 Å². The second kappa shape index (κ2) is 16.0. The fourth-order valence-corrected chi connectivity index (χ4v) is 12.2. The predicted molar refractivity (Wildman–Crippen MR) is 311 cm³/mol. The molecule has 0 spiro atoms. The molecule has 15 aromatic carbocycles. The van der Waals surface area contributed by atoms with Gasteiger partial charge in [-0.1, -0.05) is 243 Å². The molecule has 334 valence electrons. The zero-order valence-corrected chi connectivity index (χ0v) is 39.3. The average Bonchev–Trinajstić information content (AvgIpc) is 3.44. The second-order valence-electron chi connectivity index (χ2n) is 19.1. The van der Waals surface area contributed by atoms with Crippen LogP contribution in [0.3, 0.4) is 0 Å². The molecule has 0 aliphatic rings. The molecule has 0 fully saturated rings. The van der Waals surface area contributed by atoms with Crippen molar-refractivity contribution in [2.45, 2.75) is 0 Å². The van der Waals surface area contributed by atoms with E-state index in [0.717, 1.165) is 55.7 Å². The lowest BCUT2D eigenvalue weighted by Crippen LogP contribution is -2.16. The second-order valence-corrected chi connectivity index (χ2v) is 19.1. The van der Waals surface area contributed by atoms with Crippen LogP contribution in [-0.2, 0) is 0 Å². The zero-order valence-electron chi connectivity index (χ0n) is 39.3. The zero-order chi connectivity index (χ0) is 47.3. The molecular formula is C70H44N2. The minimum atomic E-state index is 1.14. The number of fused-ring (bicyclic) bond motifs is 10. The van der Waals surface area contributed by atoms with Crippen LogP contribution in [0.4, 0.5) is 34.1 Å². The van der Waals surface area contributed by atoms with Crippen LogP contribution < -0.4 is 9.80 Å². The van der Waals surface area contributed by atoms with E-state index in [0.29, 0.717) is 0 Å². The molecule has 0 heterocycles. The van der Waals surface area contributed by atoms with Gasteiger partial charge in [-0.3, -0.25) is 0 Å². The third-order valence-corrected chi connectivity index (χ3v) is 15.2. The van der Waals surface area contributed by atoms with Crippen molar-refractivity contribution in [1.82, 2.24) is 0 Å². The largest absolute Gasteiger partial charge is 0.307 e. The lowest BCUT2D eigenvalue weighted by Gasteiger charge is -2.36. The Balaban J connectivity index is 1.19. The Morgan fingerprint density at radius 1 is 0.139 bits per heavy atom. The molecule has 0 saturated carbocycles. The van der Waals surface area contributed by atoms with Gasteiger partial charge in [-0.05, 0) is 67.4 Å². The van der Waals surface area contributed by atoms with Gasteiger partial charge >= 0.3 is 0 Å². The molecule has 0 aliphatic heterocycles. The van der Waals surface area contributed by atoms with Crippen molar-refractivity contribution in [3.05, 3.63) is 267 Å². The molecule has 15 rings (SSSR count). The molecule has 72 heavy (non-hydrogen) atoms. The van der Waals surface area contributed by atoms with E-state index in [1.54, 1.807) is 0 Å². The number of rotatable bonds is 6. The van der Waals surface area contributed by atoms with Crippen LogP contribution in [0.5, 0.6) is 0 Å². The van der Waals surface area contributed by atoms with Gasteiger partial charge in [0.25, 0.3) is 0 Å². The van der Waals surface area contributed by atoms with Crippen LogP contribution >= 0.6 is 0 Å². The molecule has 0 bridgehead atoms. The third-order valence-electron chi connectivity index (χ3n) is 15.2. The van der Waals surface area contributed by atoms with Crippen LogP contribution in [0.2, 0.25) is 0 Å². The highest BCUT2D eigenvalue weighted by Gasteiger charge is 2.31. The summed E-state index contributed by atoms with van der Waals surface area (Å²) in [4.78, 5) is 5.32. The van der Waals surface area contributed by atoms with Crippen molar-refractivity contribution in [2.75, 3.05) is 9.80 Å². The van der Waals surface area contributed by atoms with Crippen molar-refractivity contribution in [1.29, 1.82) is 0 Å². The summed E-state index contributed by atoms with van der Waals surface area (Å²) >= 11 is 0. The summed E-state index contributed by atoms with van der Waals surface area (Å²) in [6.07, 6.45) is 0. The number of benzene rings is 15. The van der Waals surface area contributed by atoms with Gasteiger partial charge in [0.2, 0.25) is 0 Å². The van der Waals surface area contributed by atoms with E-state index in [9.17, 15) is 0 Å². The van der Waals surface area contributed by atoms with E-state index in [-0.39, 0.29) is 0 Å². The SMILES string of the molecule is c1ccc2c(N(c3c4ccccc4cc4ccccc34)c3c4ccccc4c(N(c4c5ccccc5cc5ccccc45)c4c5ccccc5cc5ccccc45)c4ccccc34)c3ccccc3cc2c1. The maximum absolute atomic E-state index is 2.66. The molecule has 0 aromatic heterocycles. The molecular weight excluding hydrogens is 869 g/mol. The smallest absolute Gasteiger partial charge is 0.0621 e. The van der Waals surface area contributed by atoms with Gasteiger partial charge in [0.1, 0.15) is 0 Å². The predicted octanol–water partition coefficient (Wildman–Crippen LogP) is 20.2. The van der Waals surface area contributed by atoms with Gasteiger partial charge in [0.15, 0.2) is 0 Å².